The Bertz CT molecular complexity index is 912. The Labute approximate surface area is 157 Å². The largest absolute Gasteiger partial charge is 0.370 e. The molecule has 0 radical (unpaired) electrons. The lowest BCUT2D eigenvalue weighted by Crippen LogP contribution is -2.08. The van der Waals surface area contributed by atoms with Crippen LogP contribution in [-0.4, -0.2) is 36.0 Å². The van der Waals surface area contributed by atoms with Crippen molar-refractivity contribution in [2.75, 3.05) is 11.9 Å². The number of hydrogen-bond acceptors (Lipinski definition) is 6. The Morgan fingerprint density at radius 3 is 2.59 bits per heavy atom. The molecule has 0 aromatic carbocycles. The van der Waals surface area contributed by atoms with Gasteiger partial charge in [0.05, 0.1) is 12.0 Å². The fourth-order valence-corrected chi connectivity index (χ4v) is 2.73. The average molecular weight is 357 g/mol. The van der Waals surface area contributed by atoms with Gasteiger partial charge in [-0.15, -0.1) is 0 Å². The van der Waals surface area contributed by atoms with E-state index in [0.717, 1.165) is 42.1 Å². The molecular formula is C20H19N7. The second-order valence-corrected chi connectivity index (χ2v) is 6.02. The molecule has 27 heavy (non-hydrogen) atoms. The summed E-state index contributed by atoms with van der Waals surface area (Å²) < 4.78 is 2.06. The molecule has 0 bridgehead atoms. The van der Waals surface area contributed by atoms with E-state index in [0.29, 0.717) is 5.82 Å². The first kappa shape index (κ1) is 16.8. The number of imidazole rings is 1. The Balaban J connectivity index is 1.56. The molecule has 4 aromatic heterocycles. The summed E-state index contributed by atoms with van der Waals surface area (Å²) in [5.74, 6) is 1.46. The molecule has 0 aliphatic heterocycles. The van der Waals surface area contributed by atoms with Gasteiger partial charge in [0.2, 0.25) is 0 Å². The van der Waals surface area contributed by atoms with Crippen LogP contribution in [0.4, 0.5) is 5.82 Å². The summed E-state index contributed by atoms with van der Waals surface area (Å²) in [5, 5.41) is 3.41. The molecule has 134 valence electrons. The minimum absolute atomic E-state index is 0.663. The smallest absolute Gasteiger partial charge is 0.162 e. The van der Waals surface area contributed by atoms with E-state index in [2.05, 4.69) is 29.8 Å². The van der Waals surface area contributed by atoms with Gasteiger partial charge in [0.15, 0.2) is 5.82 Å². The number of pyridine rings is 2. The lowest BCUT2D eigenvalue weighted by Gasteiger charge is -2.10. The normalized spacial score (nSPS) is 10.7. The van der Waals surface area contributed by atoms with Crippen LogP contribution in [0.5, 0.6) is 0 Å². The molecule has 0 fully saturated rings. The average Bonchev–Trinajstić information content (AvgIpc) is 3.26. The monoisotopic (exact) mass is 357 g/mol. The first-order valence-corrected chi connectivity index (χ1v) is 8.78. The Hall–Kier alpha value is -3.61. The van der Waals surface area contributed by atoms with Crippen LogP contribution in [-0.2, 0) is 6.54 Å². The highest BCUT2D eigenvalue weighted by atomic mass is 15.0. The third-order valence-electron chi connectivity index (χ3n) is 4.08. The van der Waals surface area contributed by atoms with Crippen LogP contribution in [0.15, 0.2) is 73.8 Å². The Morgan fingerprint density at radius 2 is 1.81 bits per heavy atom. The zero-order valence-corrected chi connectivity index (χ0v) is 14.7. The summed E-state index contributed by atoms with van der Waals surface area (Å²) in [5.41, 5.74) is 2.72. The minimum Gasteiger partial charge on any atom is -0.370 e. The maximum atomic E-state index is 4.71. The van der Waals surface area contributed by atoms with E-state index >= 15 is 0 Å². The lowest BCUT2D eigenvalue weighted by atomic mass is 10.2. The van der Waals surface area contributed by atoms with Gasteiger partial charge in [-0.25, -0.2) is 15.0 Å². The summed E-state index contributed by atoms with van der Waals surface area (Å²) in [7, 11) is 0. The quantitative estimate of drug-likeness (QED) is 0.511. The topological polar surface area (TPSA) is 81.4 Å². The van der Waals surface area contributed by atoms with Crippen LogP contribution in [0.3, 0.4) is 0 Å². The molecule has 0 saturated heterocycles. The Morgan fingerprint density at radius 1 is 0.889 bits per heavy atom. The van der Waals surface area contributed by atoms with E-state index in [-0.39, 0.29) is 0 Å². The minimum atomic E-state index is 0.663. The maximum absolute atomic E-state index is 4.71. The third kappa shape index (κ3) is 4.33. The van der Waals surface area contributed by atoms with Gasteiger partial charge in [0.1, 0.15) is 5.82 Å². The predicted octanol–water partition coefficient (Wildman–Crippen LogP) is 3.30. The molecule has 7 nitrogen and oxygen atoms in total. The second kappa shape index (κ2) is 8.18. The van der Waals surface area contributed by atoms with E-state index in [1.165, 1.54) is 0 Å². The van der Waals surface area contributed by atoms with Gasteiger partial charge in [-0.05, 0) is 30.7 Å². The fourth-order valence-electron chi connectivity index (χ4n) is 2.73. The van der Waals surface area contributed by atoms with Crippen molar-refractivity contribution in [1.29, 1.82) is 0 Å². The summed E-state index contributed by atoms with van der Waals surface area (Å²) in [6.07, 6.45) is 13.6. The standard InChI is InChI=1S/C20H19N7/c1-3-17(14-22-6-1)18-13-19(24-7-2-11-27-12-10-23-15-27)26-20(25-18)16-4-8-21-9-5-16/h1,3-6,8-10,12-15H,2,7,11H2,(H,24,25,26). The fraction of sp³-hybridized carbons (Fsp3) is 0.150. The van der Waals surface area contributed by atoms with Gasteiger partial charge in [0.25, 0.3) is 0 Å². The van der Waals surface area contributed by atoms with Gasteiger partial charge < -0.3 is 9.88 Å². The number of nitrogens with zero attached hydrogens (tertiary/aromatic N) is 6. The van der Waals surface area contributed by atoms with Crippen molar-refractivity contribution in [2.24, 2.45) is 0 Å². The molecule has 0 aliphatic rings. The summed E-state index contributed by atoms with van der Waals surface area (Å²) in [6.45, 7) is 1.71. The van der Waals surface area contributed by atoms with E-state index in [4.69, 9.17) is 4.98 Å². The van der Waals surface area contributed by atoms with E-state index in [1.807, 2.05) is 49.1 Å². The third-order valence-corrected chi connectivity index (χ3v) is 4.08. The molecule has 0 aliphatic carbocycles. The molecule has 1 N–H and O–H groups in total. The number of nitrogens with one attached hydrogen (secondary N) is 1. The SMILES string of the molecule is c1cncc(-c2cc(NCCCn3ccnc3)nc(-c3ccncc3)n2)c1. The van der Waals surface area contributed by atoms with Gasteiger partial charge in [-0.1, -0.05) is 0 Å². The van der Waals surface area contributed by atoms with Gasteiger partial charge >= 0.3 is 0 Å². The van der Waals surface area contributed by atoms with Crippen LogP contribution >= 0.6 is 0 Å². The number of hydrogen-bond donors (Lipinski definition) is 1. The molecular weight excluding hydrogens is 338 g/mol. The molecule has 7 heteroatoms. The van der Waals surface area contributed by atoms with Crippen molar-refractivity contribution in [3.05, 3.63) is 73.8 Å². The lowest BCUT2D eigenvalue weighted by molar-refractivity contribution is 0.660. The van der Waals surface area contributed by atoms with Crippen molar-refractivity contribution in [1.82, 2.24) is 29.5 Å². The maximum Gasteiger partial charge on any atom is 0.162 e. The highest BCUT2D eigenvalue weighted by Crippen LogP contribution is 2.23. The molecule has 0 amide bonds. The van der Waals surface area contributed by atoms with Gasteiger partial charge in [-0.2, -0.15) is 0 Å². The zero-order valence-electron chi connectivity index (χ0n) is 14.7. The van der Waals surface area contributed by atoms with Crippen molar-refractivity contribution in [3.63, 3.8) is 0 Å². The molecule has 0 atom stereocenters. The Kier molecular flexibility index (Phi) is 5.10. The molecule has 0 spiro atoms. The van der Waals surface area contributed by atoms with Crippen LogP contribution in [0.2, 0.25) is 0 Å². The van der Waals surface area contributed by atoms with E-state index < -0.39 is 0 Å². The second-order valence-electron chi connectivity index (χ2n) is 6.02. The molecule has 4 rings (SSSR count). The van der Waals surface area contributed by atoms with Crippen LogP contribution in [0.25, 0.3) is 22.6 Å². The predicted molar refractivity (Wildman–Crippen MR) is 104 cm³/mol. The van der Waals surface area contributed by atoms with E-state index in [1.54, 1.807) is 24.8 Å². The van der Waals surface area contributed by atoms with Crippen molar-refractivity contribution in [3.8, 4) is 22.6 Å². The number of rotatable bonds is 7. The van der Waals surface area contributed by atoms with Crippen LogP contribution in [0, 0.1) is 0 Å². The first-order chi connectivity index (χ1) is 13.4. The molecule has 4 heterocycles. The van der Waals surface area contributed by atoms with Crippen molar-refractivity contribution >= 4 is 5.82 Å². The summed E-state index contributed by atoms with van der Waals surface area (Å²) >= 11 is 0. The molecule has 4 aromatic rings. The first-order valence-electron chi connectivity index (χ1n) is 8.78. The van der Waals surface area contributed by atoms with Crippen molar-refractivity contribution in [2.45, 2.75) is 13.0 Å². The molecule has 0 saturated carbocycles. The summed E-state index contributed by atoms with van der Waals surface area (Å²) in [6, 6.07) is 9.67. The van der Waals surface area contributed by atoms with Crippen LogP contribution < -0.4 is 5.32 Å². The number of aryl methyl sites for hydroxylation is 1. The van der Waals surface area contributed by atoms with Gasteiger partial charge in [0, 0.05) is 67.5 Å². The van der Waals surface area contributed by atoms with Crippen molar-refractivity contribution < 1.29 is 0 Å². The van der Waals surface area contributed by atoms with Crippen LogP contribution in [0.1, 0.15) is 6.42 Å². The number of anilines is 1. The molecule has 0 unspecified atom stereocenters. The highest BCUT2D eigenvalue weighted by Gasteiger charge is 2.09. The number of aromatic nitrogens is 6. The highest BCUT2D eigenvalue weighted by molar-refractivity contribution is 5.66. The van der Waals surface area contributed by atoms with Gasteiger partial charge in [-0.3, -0.25) is 9.97 Å². The zero-order chi connectivity index (χ0) is 18.3. The van der Waals surface area contributed by atoms with E-state index in [9.17, 15) is 0 Å². The summed E-state index contributed by atoms with van der Waals surface area (Å²) in [4.78, 5) is 21.7.